The number of aliphatic hydroxyl groups excluding tert-OH is 1. The quantitative estimate of drug-likeness (QED) is 0.896. The van der Waals surface area contributed by atoms with Gasteiger partial charge in [0.05, 0.1) is 20.3 Å². The molecule has 0 amide bonds. The van der Waals surface area contributed by atoms with Crippen molar-refractivity contribution < 1.29 is 14.6 Å². The van der Waals surface area contributed by atoms with E-state index in [0.29, 0.717) is 17.9 Å². The van der Waals surface area contributed by atoms with Gasteiger partial charge in [-0.05, 0) is 11.6 Å². The number of para-hydroxylation sites is 1. The molecule has 0 saturated heterocycles. The Kier molecular flexibility index (Phi) is 4.42. The molecule has 19 heavy (non-hydrogen) atoms. The van der Waals surface area contributed by atoms with Gasteiger partial charge < -0.3 is 14.6 Å². The molecule has 2 rings (SSSR count). The van der Waals surface area contributed by atoms with Gasteiger partial charge in [0, 0.05) is 12.0 Å². The summed E-state index contributed by atoms with van der Waals surface area (Å²) in [5.41, 5.74) is 1.82. The number of rotatable bonds is 5. The van der Waals surface area contributed by atoms with E-state index in [9.17, 15) is 5.11 Å². The smallest absolute Gasteiger partial charge is 0.164 e. The third-order valence-corrected chi connectivity index (χ3v) is 3.08. The summed E-state index contributed by atoms with van der Waals surface area (Å²) in [5.74, 6) is 1.36. The number of hydrogen-bond acceptors (Lipinski definition) is 3. The molecule has 1 N–H and O–H groups in total. The highest BCUT2D eigenvalue weighted by Crippen LogP contribution is 2.33. The average Bonchev–Trinajstić information content (AvgIpc) is 2.47. The topological polar surface area (TPSA) is 38.7 Å². The summed E-state index contributed by atoms with van der Waals surface area (Å²) in [7, 11) is 3.21. The average molecular weight is 258 g/mol. The molecule has 0 spiro atoms. The molecule has 0 bridgehead atoms. The largest absolute Gasteiger partial charge is 0.493 e. The fourth-order valence-corrected chi connectivity index (χ4v) is 2.12. The lowest BCUT2D eigenvalue weighted by molar-refractivity contribution is 0.177. The van der Waals surface area contributed by atoms with Crippen LogP contribution in [0.25, 0.3) is 0 Å². The molecule has 0 saturated carbocycles. The third kappa shape index (κ3) is 3.06. The lowest BCUT2D eigenvalue weighted by Gasteiger charge is -2.15. The van der Waals surface area contributed by atoms with Gasteiger partial charge in [-0.25, -0.2) is 0 Å². The van der Waals surface area contributed by atoms with Crippen molar-refractivity contribution in [1.82, 2.24) is 0 Å². The first-order chi connectivity index (χ1) is 9.26. The van der Waals surface area contributed by atoms with Crippen LogP contribution in [0.2, 0.25) is 0 Å². The maximum atomic E-state index is 10.3. The van der Waals surface area contributed by atoms with Crippen LogP contribution >= 0.6 is 0 Å². The summed E-state index contributed by atoms with van der Waals surface area (Å²) in [6, 6.07) is 15.3. The Morgan fingerprint density at radius 3 is 2.32 bits per heavy atom. The summed E-state index contributed by atoms with van der Waals surface area (Å²) in [6.07, 6.45) is -0.0630. The first-order valence-corrected chi connectivity index (χ1v) is 6.19. The van der Waals surface area contributed by atoms with Gasteiger partial charge >= 0.3 is 0 Å². The molecule has 100 valence electrons. The lowest BCUT2D eigenvalue weighted by Crippen LogP contribution is -2.04. The number of benzene rings is 2. The Balaban J connectivity index is 2.24. The molecular formula is C16H18O3. The zero-order valence-electron chi connectivity index (χ0n) is 11.2. The van der Waals surface area contributed by atoms with Crippen molar-refractivity contribution in [3.05, 3.63) is 59.7 Å². The molecule has 1 unspecified atom stereocenters. The molecule has 0 aliphatic rings. The molecule has 3 heteroatoms. The lowest BCUT2D eigenvalue weighted by atomic mass is 10.0. The fraction of sp³-hybridized carbons (Fsp3) is 0.250. The van der Waals surface area contributed by atoms with Gasteiger partial charge in [0.2, 0.25) is 0 Å². The summed E-state index contributed by atoms with van der Waals surface area (Å²) in [6.45, 7) is 0. The van der Waals surface area contributed by atoms with Crippen molar-refractivity contribution in [3.8, 4) is 11.5 Å². The zero-order chi connectivity index (χ0) is 13.7. The van der Waals surface area contributed by atoms with E-state index in [4.69, 9.17) is 9.47 Å². The predicted octanol–water partition coefficient (Wildman–Crippen LogP) is 2.98. The second-order valence-electron chi connectivity index (χ2n) is 4.28. The van der Waals surface area contributed by atoms with Crippen LogP contribution in [0, 0.1) is 0 Å². The number of hydrogen-bond donors (Lipinski definition) is 1. The highest BCUT2D eigenvalue weighted by atomic mass is 16.5. The van der Waals surface area contributed by atoms with Gasteiger partial charge in [-0.15, -0.1) is 0 Å². The van der Waals surface area contributed by atoms with Crippen LogP contribution in [-0.4, -0.2) is 19.3 Å². The van der Waals surface area contributed by atoms with Crippen molar-refractivity contribution in [3.63, 3.8) is 0 Å². The van der Waals surface area contributed by atoms with E-state index in [2.05, 4.69) is 0 Å². The van der Waals surface area contributed by atoms with E-state index in [1.54, 1.807) is 14.2 Å². The maximum absolute atomic E-state index is 10.3. The van der Waals surface area contributed by atoms with Gasteiger partial charge in [0.15, 0.2) is 11.5 Å². The first kappa shape index (κ1) is 13.4. The van der Waals surface area contributed by atoms with E-state index in [1.165, 1.54) is 0 Å². The van der Waals surface area contributed by atoms with Crippen molar-refractivity contribution in [2.24, 2.45) is 0 Å². The van der Waals surface area contributed by atoms with Crippen LogP contribution in [0.15, 0.2) is 48.5 Å². The summed E-state index contributed by atoms with van der Waals surface area (Å²) in [5, 5.41) is 10.3. The second kappa shape index (κ2) is 6.25. The van der Waals surface area contributed by atoms with Crippen molar-refractivity contribution >= 4 is 0 Å². The van der Waals surface area contributed by atoms with Crippen LogP contribution in [-0.2, 0) is 6.42 Å². The van der Waals surface area contributed by atoms with Crippen LogP contribution in [0.1, 0.15) is 17.2 Å². The van der Waals surface area contributed by atoms with E-state index in [-0.39, 0.29) is 0 Å². The van der Waals surface area contributed by atoms with Gasteiger partial charge in [0.25, 0.3) is 0 Å². The molecule has 0 aliphatic carbocycles. The van der Waals surface area contributed by atoms with Crippen molar-refractivity contribution in [1.29, 1.82) is 0 Å². The van der Waals surface area contributed by atoms with Gasteiger partial charge in [0.1, 0.15) is 0 Å². The normalized spacial score (nSPS) is 11.9. The minimum atomic E-state index is -0.554. The molecule has 0 heterocycles. The Morgan fingerprint density at radius 2 is 1.68 bits per heavy atom. The molecule has 0 radical (unpaired) electrons. The van der Waals surface area contributed by atoms with Crippen molar-refractivity contribution in [2.45, 2.75) is 12.5 Å². The fourth-order valence-electron chi connectivity index (χ4n) is 2.12. The molecule has 1 atom stereocenters. The molecule has 0 aromatic heterocycles. The number of aliphatic hydroxyl groups is 1. The molecule has 0 fully saturated rings. The van der Waals surface area contributed by atoms with E-state index in [1.807, 2.05) is 48.5 Å². The summed E-state index contributed by atoms with van der Waals surface area (Å²) in [4.78, 5) is 0. The standard InChI is InChI=1S/C16H18O3/c1-18-15-10-6-9-13(16(15)19-2)11-14(17)12-7-4-3-5-8-12/h3-10,14,17H,11H2,1-2H3. The third-order valence-electron chi connectivity index (χ3n) is 3.08. The number of ether oxygens (including phenoxy) is 2. The predicted molar refractivity (Wildman–Crippen MR) is 74.7 cm³/mol. The molecule has 3 nitrogen and oxygen atoms in total. The molecular weight excluding hydrogens is 240 g/mol. The Hall–Kier alpha value is -2.00. The van der Waals surface area contributed by atoms with E-state index < -0.39 is 6.10 Å². The minimum absolute atomic E-state index is 0.490. The molecule has 2 aromatic rings. The Morgan fingerprint density at radius 1 is 0.947 bits per heavy atom. The minimum Gasteiger partial charge on any atom is -0.493 e. The maximum Gasteiger partial charge on any atom is 0.164 e. The Labute approximate surface area is 113 Å². The highest BCUT2D eigenvalue weighted by molar-refractivity contribution is 5.47. The van der Waals surface area contributed by atoms with Gasteiger partial charge in [-0.3, -0.25) is 0 Å². The first-order valence-electron chi connectivity index (χ1n) is 6.19. The van der Waals surface area contributed by atoms with Crippen LogP contribution in [0.3, 0.4) is 0 Å². The van der Waals surface area contributed by atoms with Gasteiger partial charge in [-0.1, -0.05) is 42.5 Å². The van der Waals surface area contributed by atoms with Crippen LogP contribution in [0.5, 0.6) is 11.5 Å². The van der Waals surface area contributed by atoms with E-state index in [0.717, 1.165) is 11.1 Å². The second-order valence-corrected chi connectivity index (χ2v) is 4.28. The SMILES string of the molecule is COc1cccc(CC(O)c2ccccc2)c1OC. The molecule has 0 aliphatic heterocycles. The zero-order valence-corrected chi connectivity index (χ0v) is 11.2. The van der Waals surface area contributed by atoms with Crippen LogP contribution in [0.4, 0.5) is 0 Å². The van der Waals surface area contributed by atoms with Crippen LogP contribution < -0.4 is 9.47 Å². The Bertz CT molecular complexity index is 523. The van der Waals surface area contributed by atoms with Gasteiger partial charge in [-0.2, -0.15) is 0 Å². The monoisotopic (exact) mass is 258 g/mol. The summed E-state index contributed by atoms with van der Waals surface area (Å²) >= 11 is 0. The van der Waals surface area contributed by atoms with Crippen molar-refractivity contribution in [2.75, 3.05) is 14.2 Å². The molecule has 2 aromatic carbocycles. The highest BCUT2D eigenvalue weighted by Gasteiger charge is 2.14. The number of methoxy groups -OCH3 is 2. The summed E-state index contributed by atoms with van der Waals surface area (Å²) < 4.78 is 10.6. The van der Waals surface area contributed by atoms with E-state index >= 15 is 0 Å².